The van der Waals surface area contributed by atoms with Crippen LogP contribution in [0, 0.1) is 11.7 Å². The summed E-state index contributed by atoms with van der Waals surface area (Å²) in [6, 6.07) is 9.57. The smallest absolute Gasteiger partial charge is 0.437 e. The minimum atomic E-state index is -0.971. The second-order valence-corrected chi connectivity index (χ2v) is 7.62. The molecule has 2 aliphatic rings. The Bertz CT molecular complexity index is 936. The first-order valence-electron chi connectivity index (χ1n) is 9.87. The number of ether oxygens (including phenoxy) is 2. The highest BCUT2D eigenvalue weighted by Crippen LogP contribution is 2.34. The summed E-state index contributed by atoms with van der Waals surface area (Å²) in [5.41, 5.74) is 11.6. The topological polar surface area (TPSA) is 116 Å². The van der Waals surface area contributed by atoms with Gasteiger partial charge in [-0.25, -0.2) is 14.2 Å². The molecule has 1 aromatic heterocycles. The highest BCUT2D eigenvalue weighted by molar-refractivity contribution is 5.87. The highest BCUT2D eigenvalue weighted by atomic mass is 19.1. The van der Waals surface area contributed by atoms with Crippen LogP contribution in [-0.4, -0.2) is 36.7 Å². The summed E-state index contributed by atoms with van der Waals surface area (Å²) in [6.45, 7) is 1.82. The Balaban J connectivity index is 1.32. The average molecular weight is 413 g/mol. The number of anilines is 1. The fourth-order valence-corrected chi connectivity index (χ4v) is 3.28. The molecule has 1 amide bonds. The van der Waals surface area contributed by atoms with Gasteiger partial charge in [-0.05, 0) is 42.5 Å². The quantitative estimate of drug-likeness (QED) is 0.529. The van der Waals surface area contributed by atoms with Gasteiger partial charge in [0, 0.05) is 30.8 Å². The number of aromatic nitrogens is 1. The zero-order valence-corrected chi connectivity index (χ0v) is 16.5. The number of nitrogens with zero attached hydrogens (tertiary/aromatic N) is 3. The van der Waals surface area contributed by atoms with Gasteiger partial charge in [0.15, 0.2) is 17.6 Å². The monoisotopic (exact) mass is 413 g/mol. The number of aliphatic imine (C=N–C) groups is 1. The van der Waals surface area contributed by atoms with Crippen molar-refractivity contribution in [2.24, 2.45) is 22.4 Å². The molecule has 1 saturated heterocycles. The molecule has 1 aromatic carbocycles. The normalized spacial score (nSPS) is 16.0. The van der Waals surface area contributed by atoms with Gasteiger partial charge in [0.25, 0.3) is 0 Å². The molecular weight excluding hydrogens is 389 g/mol. The number of pyridine rings is 1. The Kier molecular flexibility index (Phi) is 5.69. The van der Waals surface area contributed by atoms with Crippen LogP contribution < -0.4 is 21.1 Å². The van der Waals surface area contributed by atoms with Crippen molar-refractivity contribution in [2.45, 2.75) is 25.4 Å². The van der Waals surface area contributed by atoms with Crippen molar-refractivity contribution in [2.75, 3.05) is 24.6 Å². The number of hydrogen-bond donors (Lipinski definition) is 2. The summed E-state index contributed by atoms with van der Waals surface area (Å²) in [4.78, 5) is 20.6. The number of halogens is 1. The summed E-state index contributed by atoms with van der Waals surface area (Å²) >= 11 is 0. The Morgan fingerprint density at radius 3 is 2.60 bits per heavy atom. The second-order valence-electron chi connectivity index (χ2n) is 7.62. The standard InChI is InChI=1S/C21H24FN5O3/c22-18-15(12-30-21(28)26-20(23)24)7-8-25-19(18)27-9-16(10-27)14-3-5-17(6-4-14)29-11-13-1-2-13/h3-8,13,16H,1-2,9-12H2,(H4,23,24,26,28). The van der Waals surface area contributed by atoms with E-state index in [1.165, 1.54) is 30.7 Å². The van der Waals surface area contributed by atoms with Gasteiger partial charge in [0.2, 0.25) is 0 Å². The predicted octanol–water partition coefficient (Wildman–Crippen LogP) is 2.52. The van der Waals surface area contributed by atoms with Gasteiger partial charge >= 0.3 is 6.09 Å². The molecule has 158 valence electrons. The molecule has 0 unspecified atom stereocenters. The molecule has 2 heterocycles. The van der Waals surface area contributed by atoms with Crippen molar-refractivity contribution in [1.82, 2.24) is 4.98 Å². The van der Waals surface area contributed by atoms with Gasteiger partial charge in [-0.3, -0.25) is 0 Å². The van der Waals surface area contributed by atoms with Crippen molar-refractivity contribution in [1.29, 1.82) is 0 Å². The lowest BCUT2D eigenvalue weighted by Crippen LogP contribution is -2.46. The van der Waals surface area contributed by atoms with Crippen LogP contribution in [0.4, 0.5) is 15.0 Å². The van der Waals surface area contributed by atoms with E-state index in [0.29, 0.717) is 19.0 Å². The van der Waals surface area contributed by atoms with E-state index >= 15 is 0 Å². The Hall–Kier alpha value is -3.36. The maximum atomic E-state index is 14.8. The fourth-order valence-electron chi connectivity index (χ4n) is 3.28. The van der Waals surface area contributed by atoms with Gasteiger partial charge < -0.3 is 25.8 Å². The first kappa shape index (κ1) is 19.9. The first-order valence-corrected chi connectivity index (χ1v) is 9.87. The zero-order chi connectivity index (χ0) is 21.1. The molecular formula is C21H24FN5O3. The van der Waals surface area contributed by atoms with Crippen molar-refractivity contribution >= 4 is 17.9 Å². The number of amides is 1. The Morgan fingerprint density at radius 2 is 1.93 bits per heavy atom. The summed E-state index contributed by atoms with van der Waals surface area (Å²) < 4.78 is 25.4. The van der Waals surface area contributed by atoms with Crippen LogP contribution in [0.1, 0.15) is 29.9 Å². The maximum Gasteiger partial charge on any atom is 0.437 e. The van der Waals surface area contributed by atoms with Gasteiger partial charge in [-0.1, -0.05) is 12.1 Å². The van der Waals surface area contributed by atoms with Crippen molar-refractivity contribution in [3.63, 3.8) is 0 Å². The summed E-state index contributed by atoms with van der Waals surface area (Å²) in [5.74, 6) is 1.22. The molecule has 0 spiro atoms. The van der Waals surface area contributed by atoms with Gasteiger partial charge in [-0.15, -0.1) is 4.99 Å². The second kappa shape index (κ2) is 8.56. The molecule has 1 aliphatic carbocycles. The zero-order valence-electron chi connectivity index (χ0n) is 16.5. The molecule has 0 radical (unpaired) electrons. The number of carbonyl (C=O) groups is 1. The number of hydrogen-bond acceptors (Lipinski definition) is 5. The third-order valence-electron chi connectivity index (χ3n) is 5.24. The number of carbonyl (C=O) groups excluding carboxylic acids is 1. The van der Waals surface area contributed by atoms with Crippen LogP contribution in [0.2, 0.25) is 0 Å². The maximum absolute atomic E-state index is 14.8. The predicted molar refractivity (Wildman–Crippen MR) is 110 cm³/mol. The van der Waals surface area contributed by atoms with E-state index in [-0.39, 0.29) is 18.0 Å². The number of guanidine groups is 1. The highest BCUT2D eigenvalue weighted by Gasteiger charge is 2.31. The average Bonchev–Trinajstić information content (AvgIpc) is 3.50. The van der Waals surface area contributed by atoms with Crippen LogP contribution in [0.25, 0.3) is 0 Å². The SMILES string of the molecule is NC(N)=NC(=O)OCc1ccnc(N2CC(c3ccc(OCC4CC4)cc3)C2)c1F. The summed E-state index contributed by atoms with van der Waals surface area (Å²) in [5, 5.41) is 0. The lowest BCUT2D eigenvalue weighted by molar-refractivity contribution is 0.149. The van der Waals surface area contributed by atoms with Crippen molar-refractivity contribution in [3.05, 3.63) is 53.5 Å². The van der Waals surface area contributed by atoms with E-state index in [1.54, 1.807) is 0 Å². The number of nitrogens with two attached hydrogens (primary N) is 2. The summed E-state index contributed by atoms with van der Waals surface area (Å²) in [6.07, 6.45) is 3.05. The Labute approximate surface area is 173 Å². The lowest BCUT2D eigenvalue weighted by Gasteiger charge is -2.40. The van der Waals surface area contributed by atoms with Crippen LogP contribution >= 0.6 is 0 Å². The molecule has 4 N–H and O–H groups in total. The Morgan fingerprint density at radius 1 is 1.20 bits per heavy atom. The molecule has 4 rings (SSSR count). The van der Waals surface area contributed by atoms with E-state index in [1.807, 2.05) is 17.0 Å². The van der Waals surface area contributed by atoms with Crippen LogP contribution in [-0.2, 0) is 11.3 Å². The molecule has 1 aliphatic heterocycles. The third-order valence-corrected chi connectivity index (χ3v) is 5.24. The molecule has 9 heteroatoms. The van der Waals surface area contributed by atoms with Crippen LogP contribution in [0.5, 0.6) is 5.75 Å². The lowest BCUT2D eigenvalue weighted by atomic mass is 9.91. The first-order chi connectivity index (χ1) is 14.5. The van der Waals surface area contributed by atoms with Gasteiger partial charge in [0.1, 0.15) is 12.4 Å². The molecule has 30 heavy (non-hydrogen) atoms. The largest absolute Gasteiger partial charge is 0.493 e. The number of rotatable bonds is 7. The molecule has 1 saturated carbocycles. The van der Waals surface area contributed by atoms with E-state index in [2.05, 4.69) is 22.1 Å². The van der Waals surface area contributed by atoms with Crippen molar-refractivity contribution < 1.29 is 18.7 Å². The minimum absolute atomic E-state index is 0.208. The van der Waals surface area contributed by atoms with E-state index in [0.717, 1.165) is 18.3 Å². The van der Waals surface area contributed by atoms with Crippen molar-refractivity contribution in [3.8, 4) is 5.75 Å². The van der Waals surface area contributed by atoms with E-state index < -0.39 is 17.9 Å². The molecule has 8 nitrogen and oxygen atoms in total. The number of benzene rings is 1. The van der Waals surface area contributed by atoms with E-state index in [4.69, 9.17) is 20.9 Å². The molecule has 2 fully saturated rings. The summed E-state index contributed by atoms with van der Waals surface area (Å²) in [7, 11) is 0. The fraction of sp³-hybridized carbons (Fsp3) is 0.381. The van der Waals surface area contributed by atoms with Crippen LogP contribution in [0.15, 0.2) is 41.5 Å². The van der Waals surface area contributed by atoms with Crippen LogP contribution in [0.3, 0.4) is 0 Å². The third kappa shape index (κ3) is 4.79. The molecule has 2 aromatic rings. The van der Waals surface area contributed by atoms with E-state index in [9.17, 15) is 9.18 Å². The minimum Gasteiger partial charge on any atom is -0.493 e. The molecule has 0 bridgehead atoms. The molecule has 0 atom stereocenters. The van der Waals surface area contributed by atoms with Gasteiger partial charge in [-0.2, -0.15) is 0 Å². The van der Waals surface area contributed by atoms with Gasteiger partial charge in [0.05, 0.1) is 6.61 Å².